The monoisotopic (exact) mass is 385 g/mol. The van der Waals surface area contributed by atoms with Crippen molar-refractivity contribution in [3.8, 4) is 5.75 Å². The van der Waals surface area contributed by atoms with Crippen molar-refractivity contribution in [1.82, 2.24) is 5.32 Å². The van der Waals surface area contributed by atoms with Gasteiger partial charge in [-0.05, 0) is 54.7 Å². The largest absolute Gasteiger partial charge is 0.497 e. The average molecular weight is 385 g/mol. The van der Waals surface area contributed by atoms with E-state index in [0.29, 0.717) is 25.0 Å². The minimum Gasteiger partial charge on any atom is -0.497 e. The number of ether oxygens (including phenoxy) is 1. The molecule has 0 aliphatic heterocycles. The third-order valence-corrected chi connectivity index (χ3v) is 5.33. The van der Waals surface area contributed by atoms with Gasteiger partial charge in [-0.15, -0.1) is 0 Å². The molecule has 0 radical (unpaired) electrons. The van der Waals surface area contributed by atoms with Gasteiger partial charge in [0, 0.05) is 5.92 Å². The van der Waals surface area contributed by atoms with E-state index in [2.05, 4.69) is 5.32 Å². The predicted octanol–water partition coefficient (Wildman–Crippen LogP) is 3.93. The molecule has 1 aliphatic rings. The molecule has 28 heavy (non-hydrogen) atoms. The number of carboxylic acid groups (broad SMARTS) is 1. The van der Waals surface area contributed by atoms with Gasteiger partial charge >= 0.3 is 5.97 Å². The number of methoxy groups -OCH3 is 1. The summed E-state index contributed by atoms with van der Waals surface area (Å²) in [5.41, 5.74) is 1.59. The Morgan fingerprint density at radius 2 is 1.61 bits per heavy atom. The van der Waals surface area contributed by atoms with Gasteiger partial charge in [-0.3, -0.25) is 9.59 Å². The van der Waals surface area contributed by atoms with Crippen molar-refractivity contribution in [2.45, 2.75) is 31.7 Å². The Bertz CT molecular complexity index is 819. The molecule has 0 heterocycles. The highest BCUT2D eigenvalue weighted by molar-refractivity contribution is 5.81. The lowest BCUT2D eigenvalue weighted by atomic mass is 9.80. The molecular weight excluding hydrogens is 361 g/mol. The second-order valence-electron chi connectivity index (χ2n) is 7.17. The Hall–Kier alpha value is -2.89. The van der Waals surface area contributed by atoms with Crippen LogP contribution < -0.4 is 10.1 Å². The van der Waals surface area contributed by atoms with Crippen LogP contribution >= 0.6 is 0 Å². The average Bonchev–Trinajstić information content (AvgIpc) is 2.73. The summed E-state index contributed by atoms with van der Waals surface area (Å²) in [6.07, 6.45) is 2.35. The maximum atomic E-state index is 13.4. The molecule has 148 valence electrons. The Kier molecular flexibility index (Phi) is 6.29. The van der Waals surface area contributed by atoms with E-state index in [9.17, 15) is 19.1 Å². The number of carbonyl (C=O) groups is 2. The standard InChI is InChI=1S/C22H24FNO4/c1-28-19-11-7-15(8-12-19)20(14-5-9-18(23)10-6-14)24-21(25)16-3-2-4-17(13-16)22(26)27/h5-12,16-17,20H,2-4,13H2,1H3,(H,24,25)(H,26,27). The van der Waals surface area contributed by atoms with Crippen LogP contribution in [0.15, 0.2) is 48.5 Å². The molecule has 2 aromatic rings. The fourth-order valence-corrected chi connectivity index (χ4v) is 3.72. The van der Waals surface area contributed by atoms with E-state index in [4.69, 9.17) is 4.74 Å². The molecule has 1 amide bonds. The number of aliphatic carboxylic acids is 1. The molecular formula is C22H24FNO4. The van der Waals surface area contributed by atoms with E-state index < -0.39 is 17.9 Å². The van der Waals surface area contributed by atoms with E-state index in [1.54, 1.807) is 31.4 Å². The van der Waals surface area contributed by atoms with Gasteiger partial charge < -0.3 is 15.2 Å². The second kappa shape index (κ2) is 8.87. The number of benzene rings is 2. The molecule has 1 saturated carbocycles. The van der Waals surface area contributed by atoms with E-state index in [1.807, 2.05) is 12.1 Å². The first kappa shape index (κ1) is 19.9. The third kappa shape index (κ3) is 4.68. The van der Waals surface area contributed by atoms with Gasteiger partial charge in [0.1, 0.15) is 11.6 Å². The first-order valence-electron chi connectivity index (χ1n) is 9.40. The number of carboxylic acids is 1. The van der Waals surface area contributed by atoms with Crippen molar-refractivity contribution in [1.29, 1.82) is 0 Å². The minimum atomic E-state index is -0.845. The van der Waals surface area contributed by atoms with Gasteiger partial charge in [-0.1, -0.05) is 30.7 Å². The summed E-state index contributed by atoms with van der Waals surface area (Å²) in [5.74, 6) is -1.48. The van der Waals surface area contributed by atoms with E-state index >= 15 is 0 Å². The molecule has 2 N–H and O–H groups in total. The van der Waals surface area contributed by atoms with Crippen molar-refractivity contribution in [2.24, 2.45) is 11.8 Å². The van der Waals surface area contributed by atoms with Gasteiger partial charge in [-0.25, -0.2) is 4.39 Å². The summed E-state index contributed by atoms with van der Waals surface area (Å²) in [5, 5.41) is 12.3. The number of halogens is 1. The van der Waals surface area contributed by atoms with E-state index in [1.165, 1.54) is 12.1 Å². The summed E-state index contributed by atoms with van der Waals surface area (Å²) in [7, 11) is 1.58. The van der Waals surface area contributed by atoms with Crippen LogP contribution in [0.5, 0.6) is 5.75 Å². The third-order valence-electron chi connectivity index (χ3n) is 5.33. The Morgan fingerprint density at radius 1 is 1.04 bits per heavy atom. The van der Waals surface area contributed by atoms with Crippen molar-refractivity contribution in [2.75, 3.05) is 7.11 Å². The van der Waals surface area contributed by atoms with Crippen LogP contribution in [0.1, 0.15) is 42.9 Å². The van der Waals surface area contributed by atoms with Gasteiger partial charge in [0.05, 0.1) is 19.1 Å². The molecule has 0 spiro atoms. The van der Waals surface area contributed by atoms with Gasteiger partial charge in [0.25, 0.3) is 0 Å². The number of carbonyl (C=O) groups excluding carboxylic acids is 1. The van der Waals surface area contributed by atoms with Crippen molar-refractivity contribution >= 4 is 11.9 Å². The van der Waals surface area contributed by atoms with Crippen LogP contribution in [0.25, 0.3) is 0 Å². The van der Waals surface area contributed by atoms with Crippen LogP contribution in [0.4, 0.5) is 4.39 Å². The molecule has 0 aromatic heterocycles. The number of amides is 1. The highest BCUT2D eigenvalue weighted by atomic mass is 19.1. The lowest BCUT2D eigenvalue weighted by Crippen LogP contribution is -2.37. The minimum absolute atomic E-state index is 0.170. The van der Waals surface area contributed by atoms with Gasteiger partial charge in [0.2, 0.25) is 5.91 Å². The second-order valence-corrected chi connectivity index (χ2v) is 7.17. The molecule has 3 unspecified atom stereocenters. The van der Waals surface area contributed by atoms with Crippen LogP contribution in [0.2, 0.25) is 0 Å². The van der Waals surface area contributed by atoms with Crippen molar-refractivity contribution < 1.29 is 23.8 Å². The van der Waals surface area contributed by atoms with Gasteiger partial charge in [0.15, 0.2) is 0 Å². The first-order chi connectivity index (χ1) is 13.5. The maximum absolute atomic E-state index is 13.4. The van der Waals surface area contributed by atoms with E-state index in [-0.39, 0.29) is 17.6 Å². The summed E-state index contributed by atoms with van der Waals surface area (Å²) < 4.78 is 18.6. The zero-order valence-electron chi connectivity index (χ0n) is 15.7. The van der Waals surface area contributed by atoms with E-state index in [0.717, 1.165) is 17.5 Å². The number of nitrogens with one attached hydrogen (secondary N) is 1. The quantitative estimate of drug-likeness (QED) is 0.790. The normalized spacial score (nSPS) is 20.2. The summed E-state index contributed by atoms with van der Waals surface area (Å²) in [4.78, 5) is 24.2. The molecule has 1 aliphatic carbocycles. The first-order valence-corrected chi connectivity index (χ1v) is 9.40. The fourth-order valence-electron chi connectivity index (χ4n) is 3.72. The Labute approximate surface area is 163 Å². The van der Waals surface area contributed by atoms with Crippen LogP contribution in [0.3, 0.4) is 0 Å². The van der Waals surface area contributed by atoms with Crippen LogP contribution in [-0.2, 0) is 9.59 Å². The highest BCUT2D eigenvalue weighted by Crippen LogP contribution is 2.31. The molecule has 5 nitrogen and oxygen atoms in total. The highest BCUT2D eigenvalue weighted by Gasteiger charge is 2.32. The number of hydrogen-bond donors (Lipinski definition) is 2. The summed E-state index contributed by atoms with van der Waals surface area (Å²) in [6.45, 7) is 0. The predicted molar refractivity (Wildman–Crippen MR) is 102 cm³/mol. The molecule has 6 heteroatoms. The molecule has 3 atom stereocenters. The SMILES string of the molecule is COc1ccc(C(NC(=O)C2CCCC(C(=O)O)C2)c2ccc(F)cc2)cc1. The van der Waals surface area contributed by atoms with Crippen molar-refractivity contribution in [3.05, 3.63) is 65.5 Å². The lowest BCUT2D eigenvalue weighted by molar-refractivity contribution is -0.144. The molecule has 2 aromatic carbocycles. The van der Waals surface area contributed by atoms with Crippen molar-refractivity contribution in [3.63, 3.8) is 0 Å². The molecule has 0 saturated heterocycles. The Morgan fingerprint density at radius 3 is 2.18 bits per heavy atom. The number of hydrogen-bond acceptors (Lipinski definition) is 3. The fraction of sp³-hybridized carbons (Fsp3) is 0.364. The zero-order chi connectivity index (χ0) is 20.1. The topological polar surface area (TPSA) is 75.6 Å². The summed E-state index contributed by atoms with van der Waals surface area (Å²) >= 11 is 0. The zero-order valence-corrected chi connectivity index (χ0v) is 15.7. The maximum Gasteiger partial charge on any atom is 0.306 e. The summed E-state index contributed by atoms with van der Waals surface area (Å²) in [6, 6.07) is 12.9. The lowest BCUT2D eigenvalue weighted by Gasteiger charge is -2.28. The van der Waals surface area contributed by atoms with Gasteiger partial charge in [-0.2, -0.15) is 0 Å². The molecule has 3 rings (SSSR count). The molecule has 1 fully saturated rings. The molecule has 0 bridgehead atoms. The van der Waals surface area contributed by atoms with Crippen LogP contribution in [0, 0.1) is 17.7 Å². The number of rotatable bonds is 6. The van der Waals surface area contributed by atoms with Crippen LogP contribution in [-0.4, -0.2) is 24.1 Å². The Balaban J connectivity index is 1.83. The smallest absolute Gasteiger partial charge is 0.306 e.